The van der Waals surface area contributed by atoms with E-state index in [0.717, 1.165) is 5.56 Å². The molecule has 1 amide bonds. The van der Waals surface area contributed by atoms with E-state index in [0.29, 0.717) is 12.1 Å². The highest BCUT2D eigenvalue weighted by Crippen LogP contribution is 2.22. The van der Waals surface area contributed by atoms with Crippen LogP contribution in [0.5, 0.6) is 5.75 Å². The molecule has 4 heteroatoms. The van der Waals surface area contributed by atoms with E-state index in [9.17, 15) is 9.90 Å². The Bertz CT molecular complexity index is 599. The van der Waals surface area contributed by atoms with Gasteiger partial charge in [-0.15, -0.1) is 11.6 Å². The molecule has 1 atom stereocenters. The van der Waals surface area contributed by atoms with E-state index >= 15 is 0 Å². The largest absolute Gasteiger partial charge is 0.507 e. The first-order valence-electron chi connectivity index (χ1n) is 6.35. The van der Waals surface area contributed by atoms with Crippen LogP contribution in [0.25, 0.3) is 0 Å². The van der Waals surface area contributed by atoms with Crippen molar-refractivity contribution in [3.63, 3.8) is 0 Å². The highest BCUT2D eigenvalue weighted by atomic mass is 35.5. The van der Waals surface area contributed by atoms with E-state index in [4.69, 9.17) is 11.6 Å². The molecule has 104 valence electrons. The van der Waals surface area contributed by atoms with Gasteiger partial charge < -0.3 is 10.4 Å². The predicted octanol–water partition coefficient (Wildman–Crippen LogP) is 3.41. The quantitative estimate of drug-likeness (QED) is 0.848. The number of rotatable bonds is 4. The van der Waals surface area contributed by atoms with Crippen LogP contribution < -0.4 is 5.32 Å². The molecule has 0 saturated carbocycles. The SMILES string of the molecule is Cc1cccc(C(=O)NCC(Cl)c2ccccc2)c1O. The number of hydrogen-bond acceptors (Lipinski definition) is 2. The fourth-order valence-electron chi connectivity index (χ4n) is 1.90. The number of aromatic hydroxyl groups is 1. The van der Waals surface area contributed by atoms with Gasteiger partial charge in [0.2, 0.25) is 0 Å². The smallest absolute Gasteiger partial charge is 0.255 e. The van der Waals surface area contributed by atoms with Crippen molar-refractivity contribution in [1.29, 1.82) is 0 Å². The van der Waals surface area contributed by atoms with Crippen LogP contribution in [0.1, 0.15) is 26.9 Å². The van der Waals surface area contributed by atoms with Crippen LogP contribution in [-0.2, 0) is 0 Å². The zero-order valence-corrected chi connectivity index (χ0v) is 11.9. The van der Waals surface area contributed by atoms with Gasteiger partial charge in [-0.2, -0.15) is 0 Å². The Balaban J connectivity index is 2.01. The summed E-state index contributed by atoms with van der Waals surface area (Å²) in [5.74, 6) is -0.316. The number of para-hydroxylation sites is 1. The van der Waals surface area contributed by atoms with Crippen LogP contribution in [0, 0.1) is 6.92 Å². The lowest BCUT2D eigenvalue weighted by atomic mass is 10.1. The van der Waals surface area contributed by atoms with E-state index in [1.165, 1.54) is 0 Å². The number of benzene rings is 2. The molecule has 3 nitrogen and oxygen atoms in total. The first kappa shape index (κ1) is 14.4. The Morgan fingerprint density at radius 2 is 1.90 bits per heavy atom. The van der Waals surface area contributed by atoms with Gasteiger partial charge in [0, 0.05) is 6.54 Å². The number of nitrogens with one attached hydrogen (secondary N) is 1. The maximum atomic E-state index is 12.0. The summed E-state index contributed by atoms with van der Waals surface area (Å²) in [6.45, 7) is 2.05. The topological polar surface area (TPSA) is 49.3 Å². The highest BCUT2D eigenvalue weighted by Gasteiger charge is 2.14. The number of aryl methyl sites for hydroxylation is 1. The van der Waals surface area contributed by atoms with Crippen molar-refractivity contribution in [2.75, 3.05) is 6.54 Å². The van der Waals surface area contributed by atoms with Gasteiger partial charge in [0.15, 0.2) is 0 Å². The number of alkyl halides is 1. The third-order valence-electron chi connectivity index (χ3n) is 3.09. The van der Waals surface area contributed by atoms with Crippen LogP contribution in [0.3, 0.4) is 0 Å². The molecule has 2 aromatic rings. The van der Waals surface area contributed by atoms with Gasteiger partial charge in [0.25, 0.3) is 5.91 Å². The summed E-state index contributed by atoms with van der Waals surface area (Å²) in [6, 6.07) is 14.6. The molecule has 0 aliphatic rings. The maximum Gasteiger partial charge on any atom is 0.255 e. The first-order chi connectivity index (χ1) is 9.59. The molecule has 0 spiro atoms. The average molecular weight is 290 g/mol. The number of phenols is 1. The summed E-state index contributed by atoms with van der Waals surface area (Å²) in [5.41, 5.74) is 1.88. The number of halogens is 1. The van der Waals surface area contributed by atoms with E-state index in [-0.39, 0.29) is 22.6 Å². The molecule has 0 aromatic heterocycles. The van der Waals surface area contributed by atoms with Crippen molar-refractivity contribution >= 4 is 17.5 Å². The van der Waals surface area contributed by atoms with Crippen LogP contribution in [0.2, 0.25) is 0 Å². The van der Waals surface area contributed by atoms with Crippen LogP contribution >= 0.6 is 11.6 Å². The van der Waals surface area contributed by atoms with E-state index in [2.05, 4.69) is 5.32 Å². The molecule has 2 rings (SSSR count). The number of hydrogen-bond donors (Lipinski definition) is 2. The minimum atomic E-state index is -0.326. The van der Waals surface area contributed by atoms with Gasteiger partial charge in [0.1, 0.15) is 5.75 Å². The summed E-state index contributed by atoms with van der Waals surface area (Å²) >= 11 is 6.23. The molecule has 0 saturated heterocycles. The molecule has 2 N–H and O–H groups in total. The van der Waals surface area contributed by atoms with Crippen LogP contribution in [0.4, 0.5) is 0 Å². The second kappa shape index (κ2) is 6.44. The maximum absolute atomic E-state index is 12.0. The molecule has 1 unspecified atom stereocenters. The summed E-state index contributed by atoms with van der Waals surface area (Å²) in [4.78, 5) is 12.0. The standard InChI is InChI=1S/C16H16ClNO2/c1-11-6-5-9-13(15(11)19)16(20)18-10-14(17)12-7-3-2-4-8-12/h2-9,14,19H,10H2,1H3,(H,18,20). The van der Waals surface area contributed by atoms with E-state index in [1.54, 1.807) is 25.1 Å². The van der Waals surface area contributed by atoms with Gasteiger partial charge in [-0.3, -0.25) is 4.79 Å². The molecule has 0 bridgehead atoms. The third-order valence-corrected chi connectivity index (χ3v) is 3.49. The normalized spacial score (nSPS) is 11.9. The van der Waals surface area contributed by atoms with Crippen molar-refractivity contribution < 1.29 is 9.90 Å². The molecule has 0 aliphatic heterocycles. The Labute approximate surface area is 123 Å². The van der Waals surface area contributed by atoms with E-state index in [1.807, 2.05) is 30.3 Å². The molecule has 20 heavy (non-hydrogen) atoms. The lowest BCUT2D eigenvalue weighted by Crippen LogP contribution is -2.27. The minimum Gasteiger partial charge on any atom is -0.507 e. The molecule has 0 fully saturated rings. The zero-order valence-electron chi connectivity index (χ0n) is 11.1. The molecular formula is C16H16ClNO2. The monoisotopic (exact) mass is 289 g/mol. The van der Waals surface area contributed by atoms with Gasteiger partial charge >= 0.3 is 0 Å². The molecular weight excluding hydrogens is 274 g/mol. The fraction of sp³-hybridized carbons (Fsp3) is 0.188. The predicted molar refractivity (Wildman–Crippen MR) is 80.2 cm³/mol. The summed E-state index contributed by atoms with van der Waals surface area (Å²) < 4.78 is 0. The highest BCUT2D eigenvalue weighted by molar-refractivity contribution is 6.21. The zero-order chi connectivity index (χ0) is 14.5. The Hall–Kier alpha value is -2.00. The summed E-state index contributed by atoms with van der Waals surface area (Å²) in [5, 5.41) is 12.3. The van der Waals surface area contributed by atoms with Crippen LogP contribution in [-0.4, -0.2) is 17.6 Å². The molecule has 0 radical (unpaired) electrons. The lowest BCUT2D eigenvalue weighted by Gasteiger charge is -2.12. The third kappa shape index (κ3) is 3.31. The van der Waals surface area contributed by atoms with Crippen molar-refractivity contribution in [3.05, 3.63) is 65.2 Å². The Morgan fingerprint density at radius 3 is 2.60 bits per heavy atom. The summed E-state index contributed by atoms with van der Waals surface area (Å²) in [6.07, 6.45) is 0. The van der Waals surface area contributed by atoms with Gasteiger partial charge in [-0.05, 0) is 24.1 Å². The van der Waals surface area contributed by atoms with Crippen LogP contribution in [0.15, 0.2) is 48.5 Å². The minimum absolute atomic E-state index is 0.0100. The number of carbonyl (C=O) groups is 1. The van der Waals surface area contributed by atoms with Crippen molar-refractivity contribution in [2.45, 2.75) is 12.3 Å². The Kier molecular flexibility index (Phi) is 4.64. The van der Waals surface area contributed by atoms with Gasteiger partial charge in [0.05, 0.1) is 10.9 Å². The number of amides is 1. The second-order valence-corrected chi connectivity index (χ2v) is 5.09. The van der Waals surface area contributed by atoms with E-state index < -0.39 is 0 Å². The van der Waals surface area contributed by atoms with Gasteiger partial charge in [-0.25, -0.2) is 0 Å². The molecule has 0 aliphatic carbocycles. The molecule has 0 heterocycles. The van der Waals surface area contributed by atoms with Crippen molar-refractivity contribution in [3.8, 4) is 5.75 Å². The fourth-order valence-corrected chi connectivity index (χ4v) is 2.12. The second-order valence-electron chi connectivity index (χ2n) is 4.56. The van der Waals surface area contributed by atoms with Crippen molar-refractivity contribution in [1.82, 2.24) is 5.32 Å². The number of carbonyl (C=O) groups excluding carboxylic acids is 1. The molecule has 2 aromatic carbocycles. The van der Waals surface area contributed by atoms with Crippen molar-refractivity contribution in [2.24, 2.45) is 0 Å². The lowest BCUT2D eigenvalue weighted by molar-refractivity contribution is 0.0951. The summed E-state index contributed by atoms with van der Waals surface area (Å²) in [7, 11) is 0. The van der Waals surface area contributed by atoms with Gasteiger partial charge in [-0.1, -0.05) is 42.5 Å². The first-order valence-corrected chi connectivity index (χ1v) is 6.79. The number of phenolic OH excluding ortho intramolecular Hbond substituents is 1. The average Bonchev–Trinajstić information content (AvgIpc) is 2.48. The Morgan fingerprint density at radius 1 is 1.20 bits per heavy atom.